The number of thiophene rings is 1. The van der Waals surface area contributed by atoms with Crippen LogP contribution in [0.2, 0.25) is 0 Å². The quantitative estimate of drug-likeness (QED) is 0.881. The van der Waals surface area contributed by atoms with Crippen LogP contribution in [0.25, 0.3) is 0 Å². The van der Waals surface area contributed by atoms with Gasteiger partial charge in [-0.2, -0.15) is 11.3 Å². The van der Waals surface area contributed by atoms with Crippen LogP contribution in [0.4, 0.5) is 5.69 Å². The molecule has 0 aliphatic carbocycles. The molecule has 1 aliphatic rings. The van der Waals surface area contributed by atoms with E-state index in [1.165, 1.54) is 0 Å². The number of hydrogen-bond donors (Lipinski definition) is 1. The number of piperidine rings is 1. The second-order valence-electron chi connectivity index (χ2n) is 6.28. The molecule has 1 amide bonds. The number of aryl methyl sites for hydroxylation is 1. The van der Waals surface area contributed by atoms with Crippen molar-refractivity contribution in [2.75, 3.05) is 32.6 Å². The Morgan fingerprint density at radius 3 is 2.28 bits per heavy atom. The number of rotatable bonds is 5. The lowest BCUT2D eigenvalue weighted by Crippen LogP contribution is -2.42. The molecule has 1 aliphatic heterocycles. The van der Waals surface area contributed by atoms with Crippen LogP contribution in [-0.2, 0) is 0 Å². The molecule has 1 N–H and O–H groups in total. The van der Waals surface area contributed by atoms with Gasteiger partial charge in [0, 0.05) is 48.4 Å². The minimum Gasteiger partial charge on any atom is -0.497 e. The molecular weight excluding hydrogens is 336 g/mol. The van der Waals surface area contributed by atoms with Gasteiger partial charge in [0.1, 0.15) is 11.5 Å². The van der Waals surface area contributed by atoms with Crippen molar-refractivity contribution in [2.45, 2.75) is 25.8 Å². The summed E-state index contributed by atoms with van der Waals surface area (Å²) in [6.07, 6.45) is 1.85. The predicted octanol–water partition coefficient (Wildman–Crippen LogP) is 3.79. The number of methoxy groups -OCH3 is 2. The average molecular weight is 360 g/mol. The second-order valence-corrected chi connectivity index (χ2v) is 7.02. The molecule has 1 aromatic carbocycles. The highest BCUT2D eigenvalue weighted by Crippen LogP contribution is 2.28. The summed E-state index contributed by atoms with van der Waals surface area (Å²) in [4.78, 5) is 14.6. The fourth-order valence-electron chi connectivity index (χ4n) is 3.10. The van der Waals surface area contributed by atoms with Crippen LogP contribution in [0.5, 0.6) is 11.5 Å². The van der Waals surface area contributed by atoms with Crippen LogP contribution < -0.4 is 14.8 Å². The standard InChI is InChI=1S/C19H24N2O3S/c1-13-11-25-12-18(13)19(22)21-6-4-14(5-7-21)20-15-8-16(23-2)10-17(9-15)24-3/h8-12,14,20H,4-7H2,1-3H3. The first-order valence-electron chi connectivity index (χ1n) is 8.42. The summed E-state index contributed by atoms with van der Waals surface area (Å²) >= 11 is 1.58. The molecule has 1 fully saturated rings. The van der Waals surface area contributed by atoms with Crippen molar-refractivity contribution >= 4 is 22.9 Å². The third kappa shape index (κ3) is 4.07. The normalized spacial score (nSPS) is 15.1. The minimum absolute atomic E-state index is 0.153. The Morgan fingerprint density at radius 1 is 1.12 bits per heavy atom. The fourth-order valence-corrected chi connectivity index (χ4v) is 3.93. The number of hydrogen-bond acceptors (Lipinski definition) is 5. The number of nitrogens with one attached hydrogen (secondary N) is 1. The van der Waals surface area contributed by atoms with Gasteiger partial charge >= 0.3 is 0 Å². The van der Waals surface area contributed by atoms with Crippen LogP contribution >= 0.6 is 11.3 Å². The summed E-state index contributed by atoms with van der Waals surface area (Å²) in [6.45, 7) is 3.54. The Kier molecular flexibility index (Phi) is 5.48. The molecule has 1 saturated heterocycles. The Bertz CT molecular complexity index is 714. The number of nitrogens with zero attached hydrogens (tertiary/aromatic N) is 1. The number of likely N-dealkylation sites (tertiary alicyclic amines) is 1. The van der Waals surface area contributed by atoms with Crippen LogP contribution in [-0.4, -0.2) is 44.2 Å². The van der Waals surface area contributed by atoms with Crippen molar-refractivity contribution < 1.29 is 14.3 Å². The monoisotopic (exact) mass is 360 g/mol. The molecule has 1 aromatic heterocycles. The van der Waals surface area contributed by atoms with E-state index in [1.54, 1.807) is 25.6 Å². The third-order valence-corrected chi connectivity index (χ3v) is 5.45. The van der Waals surface area contributed by atoms with Gasteiger partial charge in [0.15, 0.2) is 0 Å². The highest BCUT2D eigenvalue weighted by Gasteiger charge is 2.24. The Labute approximate surface area is 152 Å². The molecule has 2 aromatic rings. The summed E-state index contributed by atoms with van der Waals surface area (Å²) in [6, 6.07) is 6.13. The maximum atomic E-state index is 12.6. The first-order chi connectivity index (χ1) is 12.1. The van der Waals surface area contributed by atoms with E-state index >= 15 is 0 Å². The Balaban J connectivity index is 1.59. The molecule has 0 bridgehead atoms. The van der Waals surface area contributed by atoms with Gasteiger partial charge in [0.25, 0.3) is 5.91 Å². The average Bonchev–Trinajstić information content (AvgIpc) is 3.07. The Hall–Kier alpha value is -2.21. The lowest BCUT2D eigenvalue weighted by molar-refractivity contribution is 0.0718. The van der Waals surface area contributed by atoms with Gasteiger partial charge in [-0.1, -0.05) is 0 Å². The third-order valence-electron chi connectivity index (χ3n) is 4.59. The van der Waals surface area contributed by atoms with Gasteiger partial charge in [-0.3, -0.25) is 4.79 Å². The molecule has 2 heterocycles. The molecular formula is C19H24N2O3S. The highest BCUT2D eigenvalue weighted by atomic mass is 32.1. The van der Waals surface area contributed by atoms with Crippen LogP contribution in [0.3, 0.4) is 0 Å². The summed E-state index contributed by atoms with van der Waals surface area (Å²) in [5.41, 5.74) is 2.89. The number of carbonyl (C=O) groups is 1. The molecule has 0 radical (unpaired) electrons. The summed E-state index contributed by atoms with van der Waals surface area (Å²) in [5.74, 6) is 1.69. The largest absolute Gasteiger partial charge is 0.497 e. The van der Waals surface area contributed by atoms with E-state index in [2.05, 4.69) is 5.32 Å². The lowest BCUT2D eigenvalue weighted by atomic mass is 10.0. The lowest BCUT2D eigenvalue weighted by Gasteiger charge is -2.33. The number of amides is 1. The number of ether oxygens (including phenoxy) is 2. The maximum Gasteiger partial charge on any atom is 0.254 e. The summed E-state index contributed by atoms with van der Waals surface area (Å²) in [5, 5.41) is 7.51. The molecule has 0 unspecified atom stereocenters. The van der Waals surface area contributed by atoms with Gasteiger partial charge in [0.05, 0.1) is 19.8 Å². The van der Waals surface area contributed by atoms with Crippen LogP contribution in [0.1, 0.15) is 28.8 Å². The SMILES string of the molecule is COc1cc(NC2CCN(C(=O)c3cscc3C)CC2)cc(OC)c1. The van der Waals surface area contributed by atoms with Crippen LogP contribution in [0.15, 0.2) is 29.0 Å². The minimum atomic E-state index is 0.153. The van der Waals surface area contributed by atoms with E-state index in [0.29, 0.717) is 6.04 Å². The van der Waals surface area contributed by atoms with Gasteiger partial charge in [-0.05, 0) is 30.7 Å². The zero-order valence-corrected chi connectivity index (χ0v) is 15.7. The van der Waals surface area contributed by atoms with E-state index in [4.69, 9.17) is 9.47 Å². The first kappa shape index (κ1) is 17.6. The van der Waals surface area contributed by atoms with Crippen molar-refractivity contribution in [2.24, 2.45) is 0 Å². The van der Waals surface area contributed by atoms with Gasteiger partial charge in [-0.25, -0.2) is 0 Å². The number of carbonyl (C=O) groups excluding carboxylic acids is 1. The van der Waals surface area contributed by atoms with Crippen LogP contribution in [0, 0.1) is 6.92 Å². The molecule has 0 atom stereocenters. The smallest absolute Gasteiger partial charge is 0.254 e. The molecule has 0 spiro atoms. The zero-order valence-electron chi connectivity index (χ0n) is 14.9. The van der Waals surface area contributed by atoms with E-state index in [9.17, 15) is 4.79 Å². The van der Waals surface area contributed by atoms with Gasteiger partial charge in [-0.15, -0.1) is 0 Å². The van der Waals surface area contributed by atoms with E-state index in [0.717, 1.165) is 54.2 Å². The highest BCUT2D eigenvalue weighted by molar-refractivity contribution is 7.08. The zero-order chi connectivity index (χ0) is 17.8. The van der Waals surface area contributed by atoms with E-state index in [-0.39, 0.29) is 5.91 Å². The maximum absolute atomic E-state index is 12.6. The molecule has 5 nitrogen and oxygen atoms in total. The predicted molar refractivity (Wildman–Crippen MR) is 101 cm³/mol. The molecule has 3 rings (SSSR count). The first-order valence-corrected chi connectivity index (χ1v) is 9.36. The molecule has 134 valence electrons. The number of anilines is 1. The van der Waals surface area contributed by atoms with Crippen molar-refractivity contribution in [3.05, 3.63) is 40.1 Å². The molecule has 25 heavy (non-hydrogen) atoms. The van der Waals surface area contributed by atoms with Crippen molar-refractivity contribution in [1.29, 1.82) is 0 Å². The summed E-state index contributed by atoms with van der Waals surface area (Å²) in [7, 11) is 3.30. The van der Waals surface area contributed by atoms with Gasteiger partial charge < -0.3 is 19.7 Å². The van der Waals surface area contributed by atoms with E-state index < -0.39 is 0 Å². The Morgan fingerprint density at radius 2 is 1.76 bits per heavy atom. The fraction of sp³-hybridized carbons (Fsp3) is 0.421. The number of benzene rings is 1. The van der Waals surface area contributed by atoms with Crippen molar-refractivity contribution in [1.82, 2.24) is 4.90 Å². The van der Waals surface area contributed by atoms with E-state index in [1.807, 2.05) is 40.8 Å². The summed E-state index contributed by atoms with van der Waals surface area (Å²) < 4.78 is 10.6. The van der Waals surface area contributed by atoms with Gasteiger partial charge in [0.2, 0.25) is 0 Å². The molecule has 6 heteroatoms. The molecule has 0 saturated carbocycles. The van der Waals surface area contributed by atoms with Crippen molar-refractivity contribution in [3.63, 3.8) is 0 Å². The topological polar surface area (TPSA) is 50.8 Å². The van der Waals surface area contributed by atoms with Crippen molar-refractivity contribution in [3.8, 4) is 11.5 Å². The second kappa shape index (κ2) is 7.78.